The third-order valence-corrected chi connectivity index (χ3v) is 4.33. The molecule has 2 aromatic rings. The molecule has 0 aliphatic rings. The van der Waals surface area contributed by atoms with E-state index >= 15 is 0 Å². The van der Waals surface area contributed by atoms with Crippen molar-refractivity contribution in [3.8, 4) is 5.75 Å². The van der Waals surface area contributed by atoms with Crippen LogP contribution in [0, 0.1) is 6.92 Å². The Morgan fingerprint density at radius 3 is 2.60 bits per heavy atom. The molecule has 1 heterocycles. The Hall–Kier alpha value is -1.07. The number of carbonyl (C=O) groups is 1. The van der Waals surface area contributed by atoms with E-state index in [-0.39, 0.29) is 5.76 Å². The molecule has 0 atom stereocenters. The lowest BCUT2D eigenvalue weighted by atomic mass is 10.0. The predicted molar refractivity (Wildman–Crippen MR) is 84.3 cm³/mol. The van der Waals surface area contributed by atoms with Crippen LogP contribution in [0.15, 0.2) is 37.8 Å². The van der Waals surface area contributed by atoms with Crippen molar-refractivity contribution in [1.29, 1.82) is 0 Å². The van der Waals surface area contributed by atoms with Crippen LogP contribution in [0.5, 0.6) is 5.75 Å². The van der Waals surface area contributed by atoms with Crippen molar-refractivity contribution in [1.82, 2.24) is 0 Å². The van der Waals surface area contributed by atoms with E-state index in [9.17, 15) is 4.79 Å². The average molecular weight is 402 g/mol. The number of esters is 1. The second kappa shape index (κ2) is 6.14. The molecule has 1 aromatic heterocycles. The van der Waals surface area contributed by atoms with Gasteiger partial charge in [-0.3, -0.25) is 0 Å². The van der Waals surface area contributed by atoms with Crippen molar-refractivity contribution in [3.05, 3.63) is 50.3 Å². The Labute approximate surface area is 134 Å². The Bertz CT molecular complexity index is 631. The fraction of sp³-hybridized carbons (Fsp3) is 0.267. The maximum Gasteiger partial charge on any atom is 0.379 e. The number of aryl methyl sites for hydroxylation is 1. The van der Waals surface area contributed by atoms with E-state index in [4.69, 9.17) is 9.15 Å². The van der Waals surface area contributed by atoms with Gasteiger partial charge in [0.05, 0.1) is 10.7 Å². The monoisotopic (exact) mass is 400 g/mol. The Kier molecular flexibility index (Phi) is 4.70. The molecule has 2 rings (SSSR count). The van der Waals surface area contributed by atoms with Crippen LogP contribution in [0.3, 0.4) is 0 Å². The van der Waals surface area contributed by atoms with Gasteiger partial charge in [0.1, 0.15) is 5.75 Å². The number of hydrogen-bond acceptors (Lipinski definition) is 3. The minimum atomic E-state index is -0.504. The second-order valence-corrected chi connectivity index (χ2v) is 6.40. The summed E-state index contributed by atoms with van der Waals surface area (Å²) in [5.74, 6) is 0.500. The topological polar surface area (TPSA) is 39.4 Å². The molecule has 1 aromatic carbocycles. The molecule has 3 nitrogen and oxygen atoms in total. The van der Waals surface area contributed by atoms with Gasteiger partial charge in [-0.25, -0.2) is 4.79 Å². The number of rotatable bonds is 3. The summed E-state index contributed by atoms with van der Waals surface area (Å²) in [5.41, 5.74) is 1.94. The number of carbonyl (C=O) groups excluding carboxylic acids is 1. The van der Waals surface area contributed by atoms with Crippen LogP contribution in [0.1, 0.15) is 41.4 Å². The van der Waals surface area contributed by atoms with Crippen molar-refractivity contribution < 1.29 is 13.9 Å². The SMILES string of the molecule is Cc1cc(Br)c(C(C)C)c(Br)c1OC(=O)c1ccco1. The summed E-state index contributed by atoms with van der Waals surface area (Å²) < 4.78 is 12.3. The number of benzene rings is 1. The van der Waals surface area contributed by atoms with Crippen molar-refractivity contribution in [2.24, 2.45) is 0 Å². The summed E-state index contributed by atoms with van der Waals surface area (Å²) in [6, 6.07) is 5.18. The first-order chi connectivity index (χ1) is 9.41. The molecule has 0 saturated heterocycles. The number of hydrogen-bond donors (Lipinski definition) is 0. The van der Waals surface area contributed by atoms with Gasteiger partial charge >= 0.3 is 5.97 Å². The zero-order chi connectivity index (χ0) is 14.9. The Balaban J connectivity index is 2.42. The lowest BCUT2D eigenvalue weighted by molar-refractivity contribution is 0.0698. The van der Waals surface area contributed by atoms with Crippen LogP contribution in [0.4, 0.5) is 0 Å². The molecule has 106 valence electrons. The van der Waals surface area contributed by atoms with E-state index in [0.717, 1.165) is 20.1 Å². The molecule has 0 unspecified atom stereocenters. The van der Waals surface area contributed by atoms with Gasteiger partial charge in [-0.1, -0.05) is 29.8 Å². The molecule has 0 saturated carbocycles. The number of ether oxygens (including phenoxy) is 1. The van der Waals surface area contributed by atoms with Gasteiger partial charge in [-0.2, -0.15) is 0 Å². The highest BCUT2D eigenvalue weighted by atomic mass is 79.9. The highest BCUT2D eigenvalue weighted by Gasteiger charge is 2.20. The quantitative estimate of drug-likeness (QED) is 0.506. The molecule has 0 bridgehead atoms. The molecule has 5 heteroatoms. The van der Waals surface area contributed by atoms with E-state index in [0.29, 0.717) is 11.7 Å². The molecule has 0 fully saturated rings. The fourth-order valence-electron chi connectivity index (χ4n) is 1.93. The second-order valence-electron chi connectivity index (χ2n) is 4.75. The van der Waals surface area contributed by atoms with Crippen LogP contribution in [-0.4, -0.2) is 5.97 Å². The van der Waals surface area contributed by atoms with E-state index in [1.165, 1.54) is 6.26 Å². The van der Waals surface area contributed by atoms with Gasteiger partial charge in [-0.05, 0) is 58.1 Å². The molecular weight excluding hydrogens is 388 g/mol. The molecule has 20 heavy (non-hydrogen) atoms. The summed E-state index contributed by atoms with van der Waals surface area (Å²) in [5, 5.41) is 0. The van der Waals surface area contributed by atoms with Gasteiger partial charge in [0, 0.05) is 4.47 Å². The summed E-state index contributed by atoms with van der Waals surface area (Å²) >= 11 is 7.09. The van der Waals surface area contributed by atoms with Gasteiger partial charge in [0.25, 0.3) is 0 Å². The third kappa shape index (κ3) is 2.99. The van der Waals surface area contributed by atoms with E-state index in [2.05, 4.69) is 45.7 Å². The fourth-order valence-corrected chi connectivity index (χ4v) is 4.26. The largest absolute Gasteiger partial charge is 0.457 e. The predicted octanol–water partition coefficient (Wildman–Crippen LogP) is 5.46. The molecule has 0 aliphatic carbocycles. The van der Waals surface area contributed by atoms with Gasteiger partial charge in [0.15, 0.2) is 0 Å². The van der Waals surface area contributed by atoms with Crippen molar-refractivity contribution >= 4 is 37.8 Å². The zero-order valence-electron chi connectivity index (χ0n) is 11.4. The van der Waals surface area contributed by atoms with Crippen molar-refractivity contribution in [2.45, 2.75) is 26.7 Å². The summed E-state index contributed by atoms with van der Waals surface area (Å²) in [4.78, 5) is 12.0. The standard InChI is InChI=1S/C15H14Br2O3/c1-8(2)12-10(16)7-9(3)14(13(12)17)20-15(18)11-5-4-6-19-11/h4-8H,1-3H3. The molecule has 0 spiro atoms. The number of halogens is 2. The summed E-state index contributed by atoms with van der Waals surface area (Å²) in [6.45, 7) is 6.06. The third-order valence-electron chi connectivity index (χ3n) is 2.89. The smallest absolute Gasteiger partial charge is 0.379 e. The Morgan fingerprint density at radius 2 is 2.05 bits per heavy atom. The van der Waals surface area contributed by atoms with Crippen LogP contribution < -0.4 is 4.74 Å². The van der Waals surface area contributed by atoms with Crippen molar-refractivity contribution in [2.75, 3.05) is 0 Å². The maximum atomic E-state index is 12.0. The van der Waals surface area contributed by atoms with Crippen molar-refractivity contribution in [3.63, 3.8) is 0 Å². The lowest BCUT2D eigenvalue weighted by Crippen LogP contribution is -2.10. The maximum absolute atomic E-state index is 12.0. The molecule has 0 amide bonds. The lowest BCUT2D eigenvalue weighted by Gasteiger charge is -2.17. The average Bonchev–Trinajstić information content (AvgIpc) is 2.87. The highest BCUT2D eigenvalue weighted by Crippen LogP contribution is 2.41. The van der Waals surface area contributed by atoms with Crippen LogP contribution in [0.2, 0.25) is 0 Å². The Morgan fingerprint density at radius 1 is 1.35 bits per heavy atom. The van der Waals surface area contributed by atoms with Gasteiger partial charge < -0.3 is 9.15 Å². The van der Waals surface area contributed by atoms with E-state index < -0.39 is 5.97 Å². The van der Waals surface area contributed by atoms with Crippen LogP contribution in [0.25, 0.3) is 0 Å². The summed E-state index contributed by atoms with van der Waals surface area (Å²) in [6.07, 6.45) is 1.44. The first-order valence-corrected chi connectivity index (χ1v) is 7.74. The van der Waals surface area contributed by atoms with Gasteiger partial charge in [-0.15, -0.1) is 0 Å². The van der Waals surface area contributed by atoms with Crippen LogP contribution in [-0.2, 0) is 0 Å². The first kappa shape index (κ1) is 15.3. The normalized spacial score (nSPS) is 10.9. The van der Waals surface area contributed by atoms with E-state index in [1.54, 1.807) is 12.1 Å². The molecular formula is C15H14Br2O3. The van der Waals surface area contributed by atoms with Gasteiger partial charge in [0.2, 0.25) is 5.76 Å². The molecule has 0 N–H and O–H groups in total. The molecule has 0 radical (unpaired) electrons. The first-order valence-electron chi connectivity index (χ1n) is 6.16. The molecule has 0 aliphatic heterocycles. The minimum Gasteiger partial charge on any atom is -0.457 e. The zero-order valence-corrected chi connectivity index (χ0v) is 14.5. The number of furan rings is 1. The minimum absolute atomic E-state index is 0.185. The highest BCUT2D eigenvalue weighted by molar-refractivity contribution is 9.11. The van der Waals surface area contributed by atoms with E-state index in [1.807, 2.05) is 13.0 Å². The summed E-state index contributed by atoms with van der Waals surface area (Å²) in [7, 11) is 0. The van der Waals surface area contributed by atoms with Crippen LogP contribution >= 0.6 is 31.9 Å².